The molecule has 0 saturated heterocycles. The number of halogens is 1. The lowest BCUT2D eigenvalue weighted by Crippen LogP contribution is -1.85. The summed E-state index contributed by atoms with van der Waals surface area (Å²) in [5, 5.41) is 8.55. The summed E-state index contributed by atoms with van der Waals surface area (Å²) in [7, 11) is 0. The molecule has 0 saturated carbocycles. The number of benzene rings is 2. The van der Waals surface area contributed by atoms with Gasteiger partial charge in [0.1, 0.15) is 0 Å². The summed E-state index contributed by atoms with van der Waals surface area (Å²) in [5.74, 6) is -0.939. The number of aliphatic carboxylic acids is 1. The first-order valence-electron chi connectivity index (χ1n) is 5.42. The highest BCUT2D eigenvalue weighted by Crippen LogP contribution is 2.23. The van der Waals surface area contributed by atoms with Crippen molar-refractivity contribution in [3.8, 4) is 11.1 Å². The lowest BCUT2D eigenvalue weighted by atomic mass is 10.0. The molecule has 2 rings (SSSR count). The standard InChI is InChI=1S/C15H11BrO2/c16-14-3-1-2-13(10-14)12-7-4-11(5-8-12)6-9-15(17)18/h1-10H,(H,17,18). The van der Waals surface area contributed by atoms with Gasteiger partial charge in [-0.3, -0.25) is 0 Å². The summed E-state index contributed by atoms with van der Waals surface area (Å²) in [4.78, 5) is 10.4. The molecule has 0 radical (unpaired) electrons. The van der Waals surface area contributed by atoms with Gasteiger partial charge >= 0.3 is 5.97 Å². The second kappa shape index (κ2) is 5.65. The zero-order valence-corrected chi connectivity index (χ0v) is 11.1. The van der Waals surface area contributed by atoms with Crippen LogP contribution in [0.15, 0.2) is 59.1 Å². The lowest BCUT2D eigenvalue weighted by Gasteiger charge is -2.02. The topological polar surface area (TPSA) is 37.3 Å². The number of carboxylic acids is 1. The van der Waals surface area contributed by atoms with E-state index >= 15 is 0 Å². The van der Waals surface area contributed by atoms with Crippen molar-refractivity contribution in [1.82, 2.24) is 0 Å². The van der Waals surface area contributed by atoms with Gasteiger partial charge in [-0.15, -0.1) is 0 Å². The van der Waals surface area contributed by atoms with Crippen LogP contribution in [0.25, 0.3) is 17.2 Å². The molecule has 90 valence electrons. The molecule has 0 heterocycles. The van der Waals surface area contributed by atoms with E-state index in [0.717, 1.165) is 27.2 Å². The number of carboxylic acid groups (broad SMARTS) is 1. The minimum absolute atomic E-state index is 0.871. The predicted octanol–water partition coefficient (Wildman–Crippen LogP) is 4.21. The van der Waals surface area contributed by atoms with E-state index in [2.05, 4.69) is 15.9 Å². The maximum absolute atomic E-state index is 10.4. The molecule has 0 aliphatic heterocycles. The van der Waals surface area contributed by atoms with Gasteiger partial charge in [0, 0.05) is 10.5 Å². The molecule has 18 heavy (non-hydrogen) atoms. The highest BCUT2D eigenvalue weighted by atomic mass is 79.9. The number of hydrogen-bond acceptors (Lipinski definition) is 1. The smallest absolute Gasteiger partial charge is 0.328 e. The van der Waals surface area contributed by atoms with Gasteiger partial charge in [-0.25, -0.2) is 4.79 Å². The van der Waals surface area contributed by atoms with Crippen LogP contribution in [0.4, 0.5) is 0 Å². The first kappa shape index (κ1) is 12.6. The number of carbonyl (C=O) groups is 1. The van der Waals surface area contributed by atoms with Crippen molar-refractivity contribution in [2.24, 2.45) is 0 Å². The largest absolute Gasteiger partial charge is 0.478 e. The third-order valence-corrected chi connectivity index (χ3v) is 2.98. The Labute approximate surface area is 114 Å². The van der Waals surface area contributed by atoms with E-state index in [-0.39, 0.29) is 0 Å². The van der Waals surface area contributed by atoms with Crippen LogP contribution in [0.2, 0.25) is 0 Å². The molecule has 2 aromatic rings. The van der Waals surface area contributed by atoms with Crippen molar-refractivity contribution in [2.75, 3.05) is 0 Å². The average Bonchev–Trinajstić information content (AvgIpc) is 2.37. The predicted molar refractivity (Wildman–Crippen MR) is 76.2 cm³/mol. The molecule has 2 nitrogen and oxygen atoms in total. The molecular formula is C15H11BrO2. The van der Waals surface area contributed by atoms with E-state index in [1.165, 1.54) is 0 Å². The summed E-state index contributed by atoms with van der Waals surface area (Å²) in [6, 6.07) is 15.8. The van der Waals surface area contributed by atoms with E-state index in [1.807, 2.05) is 48.5 Å². The second-order valence-electron chi connectivity index (χ2n) is 3.80. The molecule has 0 aliphatic carbocycles. The van der Waals surface area contributed by atoms with Crippen molar-refractivity contribution in [1.29, 1.82) is 0 Å². The monoisotopic (exact) mass is 302 g/mol. The fourth-order valence-electron chi connectivity index (χ4n) is 1.62. The van der Waals surface area contributed by atoms with Gasteiger partial charge in [0.2, 0.25) is 0 Å². The SMILES string of the molecule is O=C(O)C=Cc1ccc(-c2cccc(Br)c2)cc1. The Morgan fingerprint density at radius 2 is 1.78 bits per heavy atom. The van der Waals surface area contributed by atoms with Crippen LogP contribution in [-0.4, -0.2) is 11.1 Å². The maximum atomic E-state index is 10.4. The molecule has 1 N–H and O–H groups in total. The van der Waals surface area contributed by atoms with Gasteiger partial charge in [0.05, 0.1) is 0 Å². The summed E-state index contributed by atoms with van der Waals surface area (Å²) >= 11 is 3.44. The first-order chi connectivity index (χ1) is 8.65. The third-order valence-electron chi connectivity index (χ3n) is 2.49. The molecule has 0 spiro atoms. The van der Waals surface area contributed by atoms with Gasteiger partial charge in [-0.2, -0.15) is 0 Å². The Hall–Kier alpha value is -1.87. The maximum Gasteiger partial charge on any atom is 0.328 e. The van der Waals surface area contributed by atoms with E-state index in [4.69, 9.17) is 5.11 Å². The third kappa shape index (κ3) is 3.31. The van der Waals surface area contributed by atoms with Crippen molar-refractivity contribution in [3.63, 3.8) is 0 Å². The Morgan fingerprint density at radius 3 is 2.39 bits per heavy atom. The zero-order chi connectivity index (χ0) is 13.0. The summed E-state index contributed by atoms with van der Waals surface area (Å²) in [6.45, 7) is 0. The van der Waals surface area contributed by atoms with Gasteiger partial charge in [-0.1, -0.05) is 52.3 Å². The van der Waals surface area contributed by atoms with E-state index in [0.29, 0.717) is 0 Å². The molecule has 2 aromatic carbocycles. The molecule has 0 bridgehead atoms. The van der Waals surface area contributed by atoms with Gasteiger partial charge in [0.15, 0.2) is 0 Å². The second-order valence-corrected chi connectivity index (χ2v) is 4.72. The van der Waals surface area contributed by atoms with Gasteiger partial charge < -0.3 is 5.11 Å². The highest BCUT2D eigenvalue weighted by molar-refractivity contribution is 9.10. The normalized spacial score (nSPS) is 10.7. The molecule has 0 atom stereocenters. The average molecular weight is 303 g/mol. The fraction of sp³-hybridized carbons (Fsp3) is 0. The zero-order valence-electron chi connectivity index (χ0n) is 9.51. The van der Waals surface area contributed by atoms with E-state index < -0.39 is 5.97 Å². The van der Waals surface area contributed by atoms with Crippen LogP contribution in [0, 0.1) is 0 Å². The molecule has 0 amide bonds. The van der Waals surface area contributed by atoms with Crippen LogP contribution < -0.4 is 0 Å². The van der Waals surface area contributed by atoms with Crippen molar-refractivity contribution in [2.45, 2.75) is 0 Å². The Balaban J connectivity index is 2.25. The molecule has 0 fully saturated rings. The van der Waals surface area contributed by atoms with Crippen LogP contribution in [0.3, 0.4) is 0 Å². The van der Waals surface area contributed by atoms with Crippen LogP contribution >= 0.6 is 15.9 Å². The quantitative estimate of drug-likeness (QED) is 0.862. The molecule has 3 heteroatoms. The minimum Gasteiger partial charge on any atom is -0.478 e. The molecular weight excluding hydrogens is 292 g/mol. The molecule has 0 aromatic heterocycles. The lowest BCUT2D eigenvalue weighted by molar-refractivity contribution is -0.131. The Morgan fingerprint density at radius 1 is 1.06 bits per heavy atom. The van der Waals surface area contributed by atoms with Gasteiger partial charge in [0.25, 0.3) is 0 Å². The van der Waals surface area contributed by atoms with Crippen molar-refractivity contribution < 1.29 is 9.90 Å². The fourth-order valence-corrected chi connectivity index (χ4v) is 2.02. The van der Waals surface area contributed by atoms with Crippen LogP contribution in [-0.2, 0) is 4.79 Å². The summed E-state index contributed by atoms with van der Waals surface area (Å²) < 4.78 is 1.04. The van der Waals surface area contributed by atoms with Crippen LogP contribution in [0.5, 0.6) is 0 Å². The number of rotatable bonds is 3. The molecule has 0 unspecified atom stereocenters. The summed E-state index contributed by atoms with van der Waals surface area (Å²) in [6.07, 6.45) is 2.71. The van der Waals surface area contributed by atoms with E-state index in [1.54, 1.807) is 6.08 Å². The minimum atomic E-state index is -0.939. The highest BCUT2D eigenvalue weighted by Gasteiger charge is 1.98. The van der Waals surface area contributed by atoms with Crippen molar-refractivity contribution >= 4 is 28.0 Å². The first-order valence-corrected chi connectivity index (χ1v) is 6.21. The Bertz CT molecular complexity index is 586. The number of hydrogen-bond donors (Lipinski definition) is 1. The van der Waals surface area contributed by atoms with Crippen molar-refractivity contribution in [3.05, 3.63) is 64.6 Å². The van der Waals surface area contributed by atoms with Crippen LogP contribution in [0.1, 0.15) is 5.56 Å². The molecule has 0 aliphatic rings. The van der Waals surface area contributed by atoms with Gasteiger partial charge in [-0.05, 0) is 34.9 Å². The van der Waals surface area contributed by atoms with E-state index in [9.17, 15) is 4.79 Å². The summed E-state index contributed by atoms with van der Waals surface area (Å²) in [5.41, 5.74) is 3.10. The Kier molecular flexibility index (Phi) is 3.95.